The minimum atomic E-state index is -0.936. The number of rotatable bonds is 3. The molecule has 0 amide bonds. The van der Waals surface area contributed by atoms with Crippen LogP contribution in [-0.2, 0) is 0 Å². The van der Waals surface area contributed by atoms with E-state index in [0.717, 1.165) is 32.7 Å². The zero-order valence-corrected chi connectivity index (χ0v) is 10.9. The van der Waals surface area contributed by atoms with Gasteiger partial charge in [-0.1, -0.05) is 20.8 Å². The van der Waals surface area contributed by atoms with Crippen LogP contribution in [0.2, 0.25) is 0 Å². The number of nitrogens with zero attached hydrogens (tertiary/aromatic N) is 2. The zero-order chi connectivity index (χ0) is 12.0. The monoisotopic (exact) mass is 231 g/mol. The molecule has 0 aromatic carbocycles. The summed E-state index contributed by atoms with van der Waals surface area (Å²) < 4.78 is 13.8. The van der Waals surface area contributed by atoms with Crippen LogP contribution in [0.5, 0.6) is 0 Å². The Labute approximate surface area is 99.0 Å². The summed E-state index contributed by atoms with van der Waals surface area (Å²) in [5.74, 6) is 0. The van der Waals surface area contributed by atoms with Crippen LogP contribution in [0.25, 0.3) is 0 Å². The van der Waals surface area contributed by atoms with Crippen molar-refractivity contribution in [2.24, 2.45) is 0 Å². The first kappa shape index (κ1) is 13.9. The largest absolute Gasteiger partial charge is 0.310 e. The third kappa shape index (κ3) is 3.68. The highest BCUT2D eigenvalue weighted by atomic mass is 19.1. The second-order valence-corrected chi connectivity index (χ2v) is 4.46. The lowest BCUT2D eigenvalue weighted by molar-refractivity contribution is 0.0231. The molecule has 16 heavy (non-hydrogen) atoms. The van der Waals surface area contributed by atoms with E-state index in [9.17, 15) is 4.39 Å². The van der Waals surface area contributed by atoms with Gasteiger partial charge in [0.1, 0.15) is 5.67 Å². The maximum atomic E-state index is 13.8. The Balaban J connectivity index is 0.000000606. The van der Waals surface area contributed by atoms with Gasteiger partial charge < -0.3 is 10.2 Å². The quantitative estimate of drug-likeness (QED) is 0.780. The highest BCUT2D eigenvalue weighted by Crippen LogP contribution is 2.18. The SMILES string of the molecule is CC.CCN1CCN(CC2(F)CNC2)CC1. The first-order chi connectivity index (χ1) is 7.72. The van der Waals surface area contributed by atoms with E-state index in [4.69, 9.17) is 0 Å². The number of nitrogens with one attached hydrogen (secondary N) is 1. The van der Waals surface area contributed by atoms with Gasteiger partial charge in [0.25, 0.3) is 0 Å². The molecule has 2 saturated heterocycles. The average molecular weight is 231 g/mol. The Morgan fingerprint density at radius 2 is 1.56 bits per heavy atom. The maximum Gasteiger partial charge on any atom is 0.148 e. The smallest absolute Gasteiger partial charge is 0.148 e. The molecule has 0 aliphatic carbocycles. The molecular formula is C12H26FN3. The third-order valence-electron chi connectivity index (χ3n) is 3.30. The fraction of sp³-hybridized carbons (Fsp3) is 1.00. The molecule has 0 saturated carbocycles. The Morgan fingerprint density at radius 3 is 1.94 bits per heavy atom. The van der Waals surface area contributed by atoms with E-state index in [1.165, 1.54) is 0 Å². The Kier molecular flexibility index (Phi) is 5.66. The maximum absolute atomic E-state index is 13.8. The van der Waals surface area contributed by atoms with E-state index < -0.39 is 5.67 Å². The molecule has 0 atom stereocenters. The highest BCUT2D eigenvalue weighted by Gasteiger charge is 2.38. The summed E-state index contributed by atoms with van der Waals surface area (Å²) in [6.45, 7) is 13.3. The van der Waals surface area contributed by atoms with Crippen molar-refractivity contribution in [3.8, 4) is 0 Å². The molecule has 4 heteroatoms. The normalized spacial score (nSPS) is 25.5. The highest BCUT2D eigenvalue weighted by molar-refractivity contribution is 4.96. The van der Waals surface area contributed by atoms with Crippen molar-refractivity contribution in [2.75, 3.05) is 52.4 Å². The lowest BCUT2D eigenvalue weighted by atomic mass is 9.98. The minimum Gasteiger partial charge on any atom is -0.310 e. The van der Waals surface area contributed by atoms with Crippen molar-refractivity contribution in [3.63, 3.8) is 0 Å². The molecule has 2 aliphatic rings. The molecule has 2 fully saturated rings. The summed E-state index contributed by atoms with van der Waals surface area (Å²) in [6.07, 6.45) is 0. The molecule has 3 nitrogen and oxygen atoms in total. The van der Waals surface area contributed by atoms with Gasteiger partial charge in [-0.05, 0) is 6.54 Å². The van der Waals surface area contributed by atoms with Gasteiger partial charge in [0.2, 0.25) is 0 Å². The molecule has 2 aliphatic heterocycles. The van der Waals surface area contributed by atoms with E-state index in [1.807, 2.05) is 13.8 Å². The van der Waals surface area contributed by atoms with Crippen LogP contribution < -0.4 is 5.32 Å². The van der Waals surface area contributed by atoms with Crippen molar-refractivity contribution >= 4 is 0 Å². The van der Waals surface area contributed by atoms with Crippen LogP contribution in [-0.4, -0.2) is 67.8 Å². The molecule has 1 N–H and O–H groups in total. The van der Waals surface area contributed by atoms with Crippen LogP contribution in [0.1, 0.15) is 20.8 Å². The standard InChI is InChI=1S/C10H20FN3.C2H6/c1-2-13-3-5-14(6-4-13)9-10(11)7-12-8-10;1-2/h12H,2-9H2,1H3;1-2H3. The van der Waals surface area contributed by atoms with E-state index in [-0.39, 0.29) is 0 Å². The number of halogens is 1. The van der Waals surface area contributed by atoms with Gasteiger partial charge in [-0.3, -0.25) is 4.90 Å². The topological polar surface area (TPSA) is 18.5 Å². The van der Waals surface area contributed by atoms with E-state index in [1.54, 1.807) is 0 Å². The van der Waals surface area contributed by atoms with E-state index >= 15 is 0 Å². The third-order valence-corrected chi connectivity index (χ3v) is 3.30. The first-order valence-corrected chi connectivity index (χ1v) is 6.56. The Bertz CT molecular complexity index is 187. The summed E-state index contributed by atoms with van der Waals surface area (Å²) in [5, 5.41) is 3.00. The van der Waals surface area contributed by atoms with Crippen molar-refractivity contribution in [2.45, 2.75) is 26.4 Å². The van der Waals surface area contributed by atoms with Gasteiger partial charge in [-0.25, -0.2) is 4.39 Å². The number of likely N-dealkylation sites (N-methyl/N-ethyl adjacent to an activating group) is 1. The molecule has 0 spiro atoms. The molecule has 0 bridgehead atoms. The molecule has 96 valence electrons. The predicted molar refractivity (Wildman–Crippen MR) is 66.6 cm³/mol. The molecular weight excluding hydrogens is 205 g/mol. The van der Waals surface area contributed by atoms with Gasteiger partial charge in [0.15, 0.2) is 0 Å². The van der Waals surface area contributed by atoms with Crippen LogP contribution in [0.3, 0.4) is 0 Å². The zero-order valence-electron chi connectivity index (χ0n) is 10.9. The van der Waals surface area contributed by atoms with E-state index in [0.29, 0.717) is 19.6 Å². The lowest BCUT2D eigenvalue weighted by Gasteiger charge is -2.42. The summed E-state index contributed by atoms with van der Waals surface area (Å²) in [4.78, 5) is 4.67. The first-order valence-electron chi connectivity index (χ1n) is 6.56. The van der Waals surface area contributed by atoms with Crippen LogP contribution in [0.4, 0.5) is 4.39 Å². The second-order valence-electron chi connectivity index (χ2n) is 4.46. The van der Waals surface area contributed by atoms with Gasteiger partial charge in [0, 0.05) is 45.8 Å². The number of hydrogen-bond acceptors (Lipinski definition) is 3. The van der Waals surface area contributed by atoms with Crippen molar-refractivity contribution in [1.82, 2.24) is 15.1 Å². The van der Waals surface area contributed by atoms with Crippen molar-refractivity contribution in [1.29, 1.82) is 0 Å². The van der Waals surface area contributed by atoms with Gasteiger partial charge >= 0.3 is 0 Å². The van der Waals surface area contributed by atoms with Crippen LogP contribution >= 0.6 is 0 Å². The van der Waals surface area contributed by atoms with Gasteiger partial charge in [-0.15, -0.1) is 0 Å². The van der Waals surface area contributed by atoms with Crippen LogP contribution in [0, 0.1) is 0 Å². The molecule has 0 aromatic heterocycles. The molecule has 2 heterocycles. The Morgan fingerprint density at radius 1 is 1.06 bits per heavy atom. The fourth-order valence-corrected chi connectivity index (χ4v) is 2.17. The summed E-state index contributed by atoms with van der Waals surface area (Å²) in [5.41, 5.74) is -0.936. The lowest BCUT2D eigenvalue weighted by Crippen LogP contribution is -2.63. The second kappa shape index (κ2) is 6.52. The van der Waals surface area contributed by atoms with Gasteiger partial charge in [0.05, 0.1) is 0 Å². The fourth-order valence-electron chi connectivity index (χ4n) is 2.17. The minimum absolute atomic E-state index is 0.543. The average Bonchev–Trinajstić information content (AvgIpc) is 2.31. The summed E-state index contributed by atoms with van der Waals surface area (Å²) in [6, 6.07) is 0. The van der Waals surface area contributed by atoms with Gasteiger partial charge in [-0.2, -0.15) is 0 Å². The van der Waals surface area contributed by atoms with Crippen molar-refractivity contribution in [3.05, 3.63) is 0 Å². The summed E-state index contributed by atoms with van der Waals surface area (Å²) >= 11 is 0. The van der Waals surface area contributed by atoms with E-state index in [2.05, 4.69) is 22.0 Å². The molecule has 0 aromatic rings. The molecule has 0 unspecified atom stereocenters. The number of alkyl halides is 1. The van der Waals surface area contributed by atoms with Crippen LogP contribution in [0.15, 0.2) is 0 Å². The predicted octanol–water partition coefficient (Wildman–Crippen LogP) is 0.962. The summed E-state index contributed by atoms with van der Waals surface area (Å²) in [7, 11) is 0. The number of piperazine rings is 1. The Hall–Kier alpha value is -0.190. The molecule has 0 radical (unpaired) electrons. The molecule has 2 rings (SSSR count). The van der Waals surface area contributed by atoms with Crippen molar-refractivity contribution < 1.29 is 4.39 Å². The number of hydrogen-bond donors (Lipinski definition) is 1.